The first-order chi connectivity index (χ1) is 8.04. The van der Waals surface area contributed by atoms with E-state index in [1.807, 2.05) is 13.8 Å². The zero-order valence-electron chi connectivity index (χ0n) is 11.8. The Balaban J connectivity index is 3.11. The molecule has 0 heterocycles. The molecular weight excluding hydrogens is 216 g/mol. The van der Waals surface area contributed by atoms with Crippen LogP contribution in [0.15, 0.2) is 0 Å². The molecule has 0 aromatic carbocycles. The van der Waals surface area contributed by atoms with E-state index >= 15 is 0 Å². The highest BCUT2D eigenvalue weighted by atomic mass is 16.5. The minimum Gasteiger partial charge on any atom is -0.379 e. The van der Waals surface area contributed by atoms with E-state index < -0.39 is 0 Å². The largest absolute Gasteiger partial charge is 0.379 e. The van der Waals surface area contributed by atoms with E-state index in [9.17, 15) is 4.79 Å². The Hall–Kier alpha value is -0.410. The number of carbonyl (C=O) groups is 1. The maximum Gasteiger partial charge on any atom is 0.160 e. The van der Waals surface area contributed by atoms with Crippen LogP contribution >= 0.6 is 0 Å². The third-order valence-electron chi connectivity index (χ3n) is 2.52. The number of unbranched alkanes of at least 4 members (excludes halogenated alkanes) is 3. The predicted molar refractivity (Wildman–Crippen MR) is 70.2 cm³/mol. The van der Waals surface area contributed by atoms with Crippen molar-refractivity contribution in [1.29, 1.82) is 0 Å². The van der Waals surface area contributed by atoms with Gasteiger partial charge in [-0.2, -0.15) is 0 Å². The van der Waals surface area contributed by atoms with Gasteiger partial charge in [-0.05, 0) is 26.7 Å². The smallest absolute Gasteiger partial charge is 0.160 e. The van der Waals surface area contributed by atoms with Gasteiger partial charge in [-0.25, -0.2) is 0 Å². The monoisotopic (exact) mass is 244 g/mol. The van der Waals surface area contributed by atoms with Crippen molar-refractivity contribution in [1.82, 2.24) is 0 Å². The zero-order chi connectivity index (χ0) is 13.1. The van der Waals surface area contributed by atoms with E-state index in [0.29, 0.717) is 12.7 Å². The van der Waals surface area contributed by atoms with Crippen LogP contribution in [0, 0.1) is 5.92 Å². The van der Waals surface area contributed by atoms with Crippen molar-refractivity contribution >= 4 is 5.78 Å². The molecule has 102 valence electrons. The second kappa shape index (κ2) is 10.7. The third-order valence-corrected chi connectivity index (χ3v) is 2.52. The summed E-state index contributed by atoms with van der Waals surface area (Å²) in [4.78, 5) is 11.2. The number of rotatable bonds is 11. The minimum absolute atomic E-state index is 0.0863. The normalized spacial score (nSPS) is 11.4. The molecule has 0 aliphatic carbocycles. The van der Waals surface area contributed by atoms with Gasteiger partial charge < -0.3 is 9.47 Å². The number of ketones is 1. The molecule has 17 heavy (non-hydrogen) atoms. The lowest BCUT2D eigenvalue weighted by atomic mass is 10.1. The third kappa shape index (κ3) is 11.8. The van der Waals surface area contributed by atoms with Crippen molar-refractivity contribution < 1.29 is 14.3 Å². The average Bonchev–Trinajstić information content (AvgIpc) is 2.25. The zero-order valence-corrected chi connectivity index (χ0v) is 11.8. The molecular formula is C14H28O3. The van der Waals surface area contributed by atoms with Gasteiger partial charge in [0.2, 0.25) is 0 Å². The molecule has 3 heteroatoms. The molecule has 3 nitrogen and oxygen atoms in total. The van der Waals surface area contributed by atoms with E-state index in [2.05, 4.69) is 13.8 Å². The molecule has 0 aliphatic rings. The van der Waals surface area contributed by atoms with E-state index in [1.165, 1.54) is 6.42 Å². The Kier molecular flexibility index (Phi) is 10.5. The Labute approximate surface area is 106 Å². The molecule has 0 saturated carbocycles. The highest BCUT2D eigenvalue weighted by Crippen LogP contribution is 2.02. The Morgan fingerprint density at radius 3 is 2.06 bits per heavy atom. The van der Waals surface area contributed by atoms with Crippen LogP contribution in [0.4, 0.5) is 0 Å². The van der Waals surface area contributed by atoms with Crippen molar-refractivity contribution in [3.05, 3.63) is 0 Å². The molecule has 0 atom stereocenters. The van der Waals surface area contributed by atoms with Crippen LogP contribution < -0.4 is 0 Å². The molecule has 0 aromatic rings. The number of Topliss-reactive ketones (excluding diaryl/α,β-unsaturated/α-hetero) is 1. The van der Waals surface area contributed by atoms with Crippen LogP contribution in [0.3, 0.4) is 0 Å². The van der Waals surface area contributed by atoms with Crippen molar-refractivity contribution in [2.24, 2.45) is 5.92 Å². The molecule has 0 radical (unpaired) electrons. The summed E-state index contributed by atoms with van der Waals surface area (Å²) >= 11 is 0. The molecule has 0 N–H and O–H groups in total. The molecule has 0 fully saturated rings. The van der Waals surface area contributed by atoms with E-state index in [4.69, 9.17) is 9.47 Å². The predicted octanol–water partition coefficient (Wildman–Crippen LogP) is 3.21. The van der Waals surface area contributed by atoms with E-state index in [-0.39, 0.29) is 18.3 Å². The second-order valence-corrected chi connectivity index (χ2v) is 5.01. The summed E-state index contributed by atoms with van der Waals surface area (Å²) in [6.45, 7) is 9.74. The standard InChI is InChI=1S/C14H28O3/c1-12(2)14(15)11-16-9-7-5-6-8-10-17-13(3)4/h12-13H,5-11H2,1-4H3. The highest BCUT2D eigenvalue weighted by molar-refractivity contribution is 5.81. The van der Waals surface area contributed by atoms with Gasteiger partial charge in [0.15, 0.2) is 5.78 Å². The summed E-state index contributed by atoms with van der Waals surface area (Å²) in [7, 11) is 0. The topological polar surface area (TPSA) is 35.5 Å². The lowest BCUT2D eigenvalue weighted by molar-refractivity contribution is -0.126. The van der Waals surface area contributed by atoms with Gasteiger partial charge in [0.1, 0.15) is 6.61 Å². The fourth-order valence-corrected chi connectivity index (χ4v) is 1.32. The van der Waals surface area contributed by atoms with Crippen molar-refractivity contribution in [2.75, 3.05) is 19.8 Å². The first kappa shape index (κ1) is 16.6. The molecule has 0 bridgehead atoms. The van der Waals surface area contributed by atoms with Crippen molar-refractivity contribution in [2.45, 2.75) is 59.5 Å². The molecule has 0 unspecified atom stereocenters. The molecule has 0 aromatic heterocycles. The summed E-state index contributed by atoms with van der Waals surface area (Å²) in [6.07, 6.45) is 4.81. The summed E-state index contributed by atoms with van der Waals surface area (Å²) in [5.74, 6) is 0.276. The van der Waals surface area contributed by atoms with Crippen LogP contribution in [0.25, 0.3) is 0 Å². The molecule has 0 spiro atoms. The fraction of sp³-hybridized carbons (Fsp3) is 0.929. The quantitative estimate of drug-likeness (QED) is 0.523. The van der Waals surface area contributed by atoms with Crippen LogP contribution in [-0.4, -0.2) is 31.7 Å². The van der Waals surface area contributed by atoms with Gasteiger partial charge in [-0.15, -0.1) is 0 Å². The van der Waals surface area contributed by atoms with Gasteiger partial charge in [0.25, 0.3) is 0 Å². The highest BCUT2D eigenvalue weighted by Gasteiger charge is 2.06. The summed E-state index contributed by atoms with van der Waals surface area (Å²) in [5.41, 5.74) is 0. The Morgan fingerprint density at radius 2 is 1.53 bits per heavy atom. The SMILES string of the molecule is CC(C)OCCCCCCOCC(=O)C(C)C. The summed E-state index contributed by atoms with van der Waals surface area (Å²) < 4.78 is 10.8. The molecule has 0 rings (SSSR count). The molecule has 0 aliphatic heterocycles. The minimum atomic E-state index is 0.0863. The average molecular weight is 244 g/mol. The van der Waals surface area contributed by atoms with E-state index in [1.54, 1.807) is 0 Å². The van der Waals surface area contributed by atoms with Gasteiger partial charge in [-0.1, -0.05) is 26.7 Å². The van der Waals surface area contributed by atoms with Gasteiger partial charge >= 0.3 is 0 Å². The first-order valence-electron chi connectivity index (χ1n) is 6.76. The first-order valence-corrected chi connectivity index (χ1v) is 6.76. The van der Waals surface area contributed by atoms with Gasteiger partial charge in [0, 0.05) is 19.1 Å². The fourth-order valence-electron chi connectivity index (χ4n) is 1.32. The molecule has 0 amide bonds. The molecule has 0 saturated heterocycles. The summed E-state index contributed by atoms with van der Waals surface area (Å²) in [5, 5.41) is 0. The van der Waals surface area contributed by atoms with Crippen molar-refractivity contribution in [3.8, 4) is 0 Å². The summed E-state index contributed by atoms with van der Waals surface area (Å²) in [6, 6.07) is 0. The maximum absolute atomic E-state index is 11.2. The lowest BCUT2D eigenvalue weighted by Crippen LogP contribution is -2.15. The van der Waals surface area contributed by atoms with Gasteiger partial charge in [0.05, 0.1) is 6.10 Å². The van der Waals surface area contributed by atoms with Crippen LogP contribution in [0.5, 0.6) is 0 Å². The number of ether oxygens (including phenoxy) is 2. The Morgan fingerprint density at radius 1 is 0.941 bits per heavy atom. The van der Waals surface area contributed by atoms with Crippen LogP contribution in [-0.2, 0) is 14.3 Å². The van der Waals surface area contributed by atoms with Crippen LogP contribution in [0.2, 0.25) is 0 Å². The second-order valence-electron chi connectivity index (χ2n) is 5.01. The number of carbonyl (C=O) groups excluding carboxylic acids is 1. The number of hydrogen-bond donors (Lipinski definition) is 0. The Bertz CT molecular complexity index is 188. The van der Waals surface area contributed by atoms with E-state index in [0.717, 1.165) is 25.9 Å². The lowest BCUT2D eigenvalue weighted by Gasteiger charge is -2.07. The van der Waals surface area contributed by atoms with Gasteiger partial charge in [-0.3, -0.25) is 4.79 Å². The number of hydrogen-bond acceptors (Lipinski definition) is 3. The maximum atomic E-state index is 11.2. The van der Waals surface area contributed by atoms with Crippen molar-refractivity contribution in [3.63, 3.8) is 0 Å². The van der Waals surface area contributed by atoms with Crippen LogP contribution in [0.1, 0.15) is 53.4 Å².